The molecule has 0 aliphatic heterocycles. The molecule has 1 unspecified atom stereocenters. The fourth-order valence-electron chi connectivity index (χ4n) is 1.88. The summed E-state index contributed by atoms with van der Waals surface area (Å²) in [6, 6.07) is 6.42. The molecule has 1 N–H and O–H groups in total. The Hall–Kier alpha value is -1.000. The summed E-state index contributed by atoms with van der Waals surface area (Å²) >= 11 is 9.67. The zero-order valence-corrected chi connectivity index (χ0v) is 13.5. The Morgan fingerprint density at radius 1 is 1.32 bits per heavy atom. The van der Waals surface area contributed by atoms with E-state index in [9.17, 15) is 0 Å². The van der Waals surface area contributed by atoms with E-state index in [1.165, 1.54) is 0 Å². The van der Waals surface area contributed by atoms with Crippen LogP contribution in [0.15, 0.2) is 35.1 Å². The van der Waals surface area contributed by atoms with E-state index in [0.29, 0.717) is 6.04 Å². The Kier molecular flexibility index (Phi) is 4.53. The van der Waals surface area contributed by atoms with E-state index < -0.39 is 0 Å². The zero-order valence-electron chi connectivity index (χ0n) is 11.2. The maximum absolute atomic E-state index is 6.26. The minimum atomic E-state index is 0.130. The molecule has 0 spiro atoms. The number of rotatable bonds is 4. The van der Waals surface area contributed by atoms with E-state index in [1.54, 1.807) is 0 Å². The second-order valence-electron chi connectivity index (χ2n) is 4.83. The third kappa shape index (κ3) is 3.51. The fourth-order valence-corrected chi connectivity index (χ4v) is 2.71. The summed E-state index contributed by atoms with van der Waals surface area (Å²) in [6.07, 6.45) is 3.84. The highest BCUT2D eigenvalue weighted by molar-refractivity contribution is 9.10. The van der Waals surface area contributed by atoms with Crippen LogP contribution in [0.2, 0.25) is 5.02 Å². The average Bonchev–Trinajstić information content (AvgIpc) is 2.77. The van der Waals surface area contributed by atoms with Crippen LogP contribution in [0.25, 0.3) is 0 Å². The number of hydrogen-bond donors (Lipinski definition) is 1. The highest BCUT2D eigenvalue weighted by atomic mass is 79.9. The standard InChI is InChI=1S/C14H17BrClN3/c1-9(2)19-8-12(7-17-19)18-10(3)13-5-4-11(15)6-14(13)16/h4-10,18H,1-3H3. The first-order chi connectivity index (χ1) is 8.97. The number of halogens is 2. The van der Waals surface area contributed by atoms with Crippen molar-refractivity contribution in [2.75, 3.05) is 5.32 Å². The van der Waals surface area contributed by atoms with E-state index in [1.807, 2.05) is 35.3 Å². The molecule has 0 fully saturated rings. The molecule has 0 saturated heterocycles. The van der Waals surface area contributed by atoms with Gasteiger partial charge in [-0.25, -0.2) is 0 Å². The lowest BCUT2D eigenvalue weighted by molar-refractivity contribution is 0.532. The maximum Gasteiger partial charge on any atom is 0.0731 e. The second kappa shape index (κ2) is 5.97. The lowest BCUT2D eigenvalue weighted by Crippen LogP contribution is -2.07. The molecular weight excluding hydrogens is 326 g/mol. The number of nitrogens with one attached hydrogen (secondary N) is 1. The Morgan fingerprint density at radius 3 is 2.63 bits per heavy atom. The summed E-state index contributed by atoms with van der Waals surface area (Å²) in [5, 5.41) is 8.48. The monoisotopic (exact) mass is 341 g/mol. The van der Waals surface area contributed by atoms with Gasteiger partial charge in [0.05, 0.1) is 17.9 Å². The average molecular weight is 343 g/mol. The van der Waals surface area contributed by atoms with Gasteiger partial charge in [0.1, 0.15) is 0 Å². The van der Waals surface area contributed by atoms with Crippen molar-refractivity contribution in [1.29, 1.82) is 0 Å². The van der Waals surface area contributed by atoms with E-state index in [0.717, 1.165) is 20.7 Å². The Morgan fingerprint density at radius 2 is 2.05 bits per heavy atom. The normalized spacial score (nSPS) is 12.7. The summed E-state index contributed by atoms with van der Waals surface area (Å²) in [5.74, 6) is 0. The summed E-state index contributed by atoms with van der Waals surface area (Å²) in [5.41, 5.74) is 2.07. The molecule has 5 heteroatoms. The van der Waals surface area contributed by atoms with Gasteiger partial charge in [0.2, 0.25) is 0 Å². The van der Waals surface area contributed by atoms with Crippen LogP contribution in [0.1, 0.15) is 38.4 Å². The molecular formula is C14H17BrClN3. The molecule has 0 saturated carbocycles. The molecule has 2 rings (SSSR count). The van der Waals surface area contributed by atoms with Gasteiger partial charge in [-0.2, -0.15) is 5.10 Å². The van der Waals surface area contributed by atoms with Crippen LogP contribution in [0.3, 0.4) is 0 Å². The van der Waals surface area contributed by atoms with Gasteiger partial charge in [-0.15, -0.1) is 0 Å². The molecule has 1 heterocycles. The third-order valence-electron chi connectivity index (χ3n) is 2.94. The van der Waals surface area contributed by atoms with E-state index in [2.05, 4.69) is 47.1 Å². The lowest BCUT2D eigenvalue weighted by Gasteiger charge is -2.16. The summed E-state index contributed by atoms with van der Waals surface area (Å²) in [7, 11) is 0. The van der Waals surface area contributed by atoms with Gasteiger partial charge >= 0.3 is 0 Å². The number of hydrogen-bond acceptors (Lipinski definition) is 2. The molecule has 19 heavy (non-hydrogen) atoms. The van der Waals surface area contributed by atoms with Crippen LogP contribution in [0.5, 0.6) is 0 Å². The van der Waals surface area contributed by atoms with Gasteiger partial charge in [0.25, 0.3) is 0 Å². The number of aromatic nitrogens is 2. The van der Waals surface area contributed by atoms with Crippen molar-refractivity contribution in [3.05, 3.63) is 45.7 Å². The van der Waals surface area contributed by atoms with E-state index >= 15 is 0 Å². The quantitative estimate of drug-likeness (QED) is 0.842. The van der Waals surface area contributed by atoms with Gasteiger partial charge in [-0.1, -0.05) is 33.6 Å². The van der Waals surface area contributed by atoms with Gasteiger partial charge < -0.3 is 5.32 Å². The molecule has 0 radical (unpaired) electrons. The number of anilines is 1. The van der Waals surface area contributed by atoms with Crippen LogP contribution in [-0.4, -0.2) is 9.78 Å². The molecule has 3 nitrogen and oxygen atoms in total. The highest BCUT2D eigenvalue weighted by Gasteiger charge is 2.11. The van der Waals surface area contributed by atoms with Crippen LogP contribution in [-0.2, 0) is 0 Å². The van der Waals surface area contributed by atoms with Gasteiger partial charge in [-0.3, -0.25) is 4.68 Å². The summed E-state index contributed by atoms with van der Waals surface area (Å²) in [4.78, 5) is 0. The van der Waals surface area contributed by atoms with Crippen molar-refractivity contribution >= 4 is 33.2 Å². The van der Waals surface area contributed by atoms with Crippen LogP contribution < -0.4 is 5.32 Å². The predicted molar refractivity (Wildman–Crippen MR) is 83.8 cm³/mol. The van der Waals surface area contributed by atoms with Crippen molar-refractivity contribution in [3.8, 4) is 0 Å². The van der Waals surface area contributed by atoms with E-state index in [-0.39, 0.29) is 6.04 Å². The molecule has 0 aliphatic rings. The molecule has 0 amide bonds. The predicted octanol–water partition coefficient (Wildman–Crippen LogP) is 5.05. The van der Waals surface area contributed by atoms with Gasteiger partial charge in [0, 0.05) is 21.7 Å². The van der Waals surface area contributed by atoms with Crippen molar-refractivity contribution < 1.29 is 0 Å². The molecule has 0 aliphatic carbocycles. The highest BCUT2D eigenvalue weighted by Crippen LogP contribution is 2.28. The smallest absolute Gasteiger partial charge is 0.0731 e. The van der Waals surface area contributed by atoms with Gasteiger partial charge in [-0.05, 0) is 38.5 Å². The molecule has 1 aromatic heterocycles. The number of benzene rings is 1. The molecule has 1 aromatic carbocycles. The van der Waals surface area contributed by atoms with Crippen molar-refractivity contribution in [2.24, 2.45) is 0 Å². The molecule has 0 bridgehead atoms. The van der Waals surface area contributed by atoms with Gasteiger partial charge in [0.15, 0.2) is 0 Å². The first kappa shape index (κ1) is 14.4. The fraction of sp³-hybridized carbons (Fsp3) is 0.357. The molecule has 1 atom stereocenters. The summed E-state index contributed by atoms with van der Waals surface area (Å²) in [6.45, 7) is 6.29. The van der Waals surface area contributed by atoms with Crippen LogP contribution >= 0.6 is 27.5 Å². The topological polar surface area (TPSA) is 29.9 Å². The van der Waals surface area contributed by atoms with Crippen LogP contribution in [0, 0.1) is 0 Å². The van der Waals surface area contributed by atoms with Crippen molar-refractivity contribution in [3.63, 3.8) is 0 Å². The minimum Gasteiger partial charge on any atom is -0.376 e. The first-order valence-corrected chi connectivity index (χ1v) is 7.40. The minimum absolute atomic E-state index is 0.130. The molecule has 102 valence electrons. The Labute approximate surface area is 127 Å². The largest absolute Gasteiger partial charge is 0.376 e. The lowest BCUT2D eigenvalue weighted by atomic mass is 10.1. The SMILES string of the molecule is CC(Nc1cnn(C(C)C)c1)c1ccc(Br)cc1Cl. The summed E-state index contributed by atoms with van der Waals surface area (Å²) < 4.78 is 2.92. The Bertz CT molecular complexity index is 566. The molecule has 2 aromatic rings. The van der Waals surface area contributed by atoms with E-state index in [4.69, 9.17) is 11.6 Å². The maximum atomic E-state index is 6.26. The number of nitrogens with zero attached hydrogens (tertiary/aromatic N) is 2. The Balaban J connectivity index is 2.13. The van der Waals surface area contributed by atoms with Crippen LogP contribution in [0.4, 0.5) is 5.69 Å². The second-order valence-corrected chi connectivity index (χ2v) is 6.16. The zero-order chi connectivity index (χ0) is 14.0. The van der Waals surface area contributed by atoms with Crippen molar-refractivity contribution in [2.45, 2.75) is 32.9 Å². The first-order valence-electron chi connectivity index (χ1n) is 6.23. The van der Waals surface area contributed by atoms with Crippen molar-refractivity contribution in [1.82, 2.24) is 9.78 Å². The third-order valence-corrected chi connectivity index (χ3v) is 3.76.